The number of carbonyl (C=O) groups excluding carboxylic acids is 2. The summed E-state index contributed by atoms with van der Waals surface area (Å²) < 4.78 is 30.5. The number of carbonyl (C=O) groups is 2. The lowest BCUT2D eigenvalue weighted by molar-refractivity contribution is -0.870. The molecule has 10 heteroatoms. The van der Waals surface area contributed by atoms with Crippen LogP contribution in [0.5, 0.6) is 0 Å². The van der Waals surface area contributed by atoms with Gasteiger partial charge in [0.05, 0.1) is 33.8 Å². The minimum absolute atomic E-state index is 0.0322. The zero-order valence-corrected chi connectivity index (χ0v) is 43.6. The van der Waals surface area contributed by atoms with E-state index in [0.717, 1.165) is 103 Å². The quantitative estimate of drug-likeness (QED) is 0.0156. The van der Waals surface area contributed by atoms with Crippen LogP contribution in [0.4, 0.5) is 0 Å². The maximum absolute atomic E-state index is 13.4. The maximum Gasteiger partial charge on any atom is 0.472 e. The van der Waals surface area contributed by atoms with E-state index in [0.29, 0.717) is 23.9 Å². The molecule has 0 aromatic rings. The molecule has 9 nitrogen and oxygen atoms in total. The minimum Gasteiger partial charge on any atom is -0.456 e. The van der Waals surface area contributed by atoms with Gasteiger partial charge in [-0.1, -0.05) is 197 Å². The van der Waals surface area contributed by atoms with Gasteiger partial charge in [0.15, 0.2) is 0 Å². The predicted molar refractivity (Wildman–Crippen MR) is 277 cm³/mol. The van der Waals surface area contributed by atoms with Gasteiger partial charge in [0.25, 0.3) is 0 Å². The number of phosphoric acid groups is 1. The minimum atomic E-state index is -4.45. The lowest BCUT2D eigenvalue weighted by Crippen LogP contribution is -2.47. The summed E-state index contributed by atoms with van der Waals surface area (Å²) in [6.45, 7) is 6.73. The molecule has 376 valence electrons. The number of allylic oxidation sites excluding steroid dienone is 11. The van der Waals surface area contributed by atoms with Gasteiger partial charge in [0.2, 0.25) is 5.91 Å². The first-order valence-electron chi connectivity index (χ1n) is 26.3. The molecule has 0 fully saturated rings. The van der Waals surface area contributed by atoms with Crippen molar-refractivity contribution in [3.05, 3.63) is 72.9 Å². The van der Waals surface area contributed by atoms with Crippen LogP contribution in [-0.4, -0.2) is 74.3 Å². The van der Waals surface area contributed by atoms with E-state index in [2.05, 4.69) is 86.8 Å². The van der Waals surface area contributed by atoms with Gasteiger partial charge >= 0.3 is 13.8 Å². The van der Waals surface area contributed by atoms with Crippen molar-refractivity contribution in [2.24, 2.45) is 0 Å². The number of likely N-dealkylation sites (N-methyl/N-ethyl adjacent to an activating group) is 1. The van der Waals surface area contributed by atoms with Crippen molar-refractivity contribution >= 4 is 19.7 Å². The van der Waals surface area contributed by atoms with Gasteiger partial charge in [-0.05, 0) is 76.7 Å². The molecule has 0 aromatic heterocycles. The summed E-state index contributed by atoms with van der Waals surface area (Å²) in [7, 11) is 1.47. The summed E-state index contributed by atoms with van der Waals surface area (Å²) in [6.07, 6.45) is 56.1. The number of phosphoric ester groups is 1. The Morgan fingerprint density at radius 1 is 0.569 bits per heavy atom. The molecule has 0 aliphatic carbocycles. The van der Waals surface area contributed by atoms with Gasteiger partial charge < -0.3 is 19.4 Å². The number of hydrogen-bond acceptors (Lipinski definition) is 6. The normalized spacial score (nSPS) is 14.5. The van der Waals surface area contributed by atoms with E-state index in [1.54, 1.807) is 0 Å². The third-order valence-electron chi connectivity index (χ3n) is 11.2. The molecule has 3 atom stereocenters. The van der Waals surface area contributed by atoms with E-state index < -0.39 is 20.0 Å². The summed E-state index contributed by atoms with van der Waals surface area (Å²) in [5.74, 6) is -0.544. The van der Waals surface area contributed by atoms with Crippen LogP contribution in [0.15, 0.2) is 72.9 Å². The highest BCUT2D eigenvalue weighted by Crippen LogP contribution is 2.43. The maximum atomic E-state index is 13.4. The van der Waals surface area contributed by atoms with Crippen LogP contribution in [0.1, 0.15) is 213 Å². The fraction of sp³-hybridized carbons (Fsp3) is 0.745. The molecule has 0 rings (SSSR count). The van der Waals surface area contributed by atoms with Crippen molar-refractivity contribution in [2.75, 3.05) is 40.9 Å². The van der Waals surface area contributed by atoms with Gasteiger partial charge in [-0.2, -0.15) is 0 Å². The number of ether oxygens (including phenoxy) is 1. The molecule has 2 N–H and O–H groups in total. The fourth-order valence-electron chi connectivity index (χ4n) is 7.15. The molecule has 0 aliphatic heterocycles. The monoisotopic (exact) mass is 932 g/mol. The van der Waals surface area contributed by atoms with Crippen LogP contribution >= 0.6 is 7.82 Å². The molecule has 0 radical (unpaired) electrons. The third-order valence-corrected chi connectivity index (χ3v) is 12.2. The SMILES string of the molecule is CC/C=C/C=C/C=C\CCCCCCCC(=O)OC(/C=C/CCCCCCCCCCCC)C(COP(=O)(O)OCC[N+](C)(C)C)NC(=O)CCCCCCCCC/C=C/C/C=C/CC. The third kappa shape index (κ3) is 46.4. The molecule has 0 aliphatic rings. The summed E-state index contributed by atoms with van der Waals surface area (Å²) in [5, 5.41) is 3.03. The lowest BCUT2D eigenvalue weighted by atomic mass is 10.0. The van der Waals surface area contributed by atoms with Crippen LogP contribution in [-0.2, 0) is 27.9 Å². The number of quaternary nitrogens is 1. The molecule has 65 heavy (non-hydrogen) atoms. The van der Waals surface area contributed by atoms with E-state index in [-0.39, 0.29) is 31.5 Å². The summed E-state index contributed by atoms with van der Waals surface area (Å²) in [5.41, 5.74) is 0. The second kappa shape index (κ2) is 45.2. The molecule has 0 saturated heterocycles. The zero-order chi connectivity index (χ0) is 48.0. The Kier molecular flexibility index (Phi) is 43.5. The Balaban J connectivity index is 5.47. The van der Waals surface area contributed by atoms with E-state index in [1.165, 1.54) is 70.6 Å². The number of unbranched alkanes of at least 4 members (excludes halogenated alkanes) is 22. The first kappa shape index (κ1) is 62.4. The highest BCUT2D eigenvalue weighted by molar-refractivity contribution is 7.47. The van der Waals surface area contributed by atoms with Crippen molar-refractivity contribution in [1.29, 1.82) is 0 Å². The van der Waals surface area contributed by atoms with Crippen molar-refractivity contribution < 1.29 is 37.3 Å². The molecule has 0 spiro atoms. The highest BCUT2D eigenvalue weighted by Gasteiger charge is 2.30. The number of hydrogen-bond donors (Lipinski definition) is 2. The zero-order valence-electron chi connectivity index (χ0n) is 42.7. The summed E-state index contributed by atoms with van der Waals surface area (Å²) in [4.78, 5) is 37.4. The smallest absolute Gasteiger partial charge is 0.456 e. The Bertz CT molecular complexity index is 1350. The first-order chi connectivity index (χ1) is 31.4. The van der Waals surface area contributed by atoms with E-state index in [9.17, 15) is 19.0 Å². The molecule has 0 bridgehead atoms. The largest absolute Gasteiger partial charge is 0.472 e. The van der Waals surface area contributed by atoms with Gasteiger partial charge in [0, 0.05) is 12.8 Å². The predicted octanol–water partition coefficient (Wildman–Crippen LogP) is 15.3. The second-order valence-corrected chi connectivity index (χ2v) is 20.1. The average molecular weight is 932 g/mol. The molecular weight excluding hydrogens is 832 g/mol. The molecular formula is C55H100N2O7P+. The van der Waals surface area contributed by atoms with Gasteiger partial charge in [-0.3, -0.25) is 18.6 Å². The number of rotatable bonds is 46. The standard InChI is InChI=1S/C55H99N2O7P/c1-7-10-13-16-19-22-25-28-30-32-35-38-41-44-47-54(58)56-52(51-63-65(60,61)62-50-49-57(4,5)6)53(46-43-40-37-34-31-27-24-21-18-15-12-9-3)64-55(59)48-45-42-39-36-33-29-26-23-20-17-14-11-8-2/h10-11,13-14,17,19-20,22-23,26,43,46,52-53H,7-9,12,15-16,18,21,24-25,27-42,44-45,47-51H2,1-6H3,(H-,56,58,60,61)/p+1/b13-10+,14-11+,20-17+,22-19+,26-23-,46-43+. The van der Waals surface area contributed by atoms with Crippen LogP contribution in [0.3, 0.4) is 0 Å². The van der Waals surface area contributed by atoms with Crippen molar-refractivity contribution in [3.63, 3.8) is 0 Å². The highest BCUT2D eigenvalue weighted by atomic mass is 31.2. The summed E-state index contributed by atoms with van der Waals surface area (Å²) >= 11 is 0. The van der Waals surface area contributed by atoms with Crippen LogP contribution in [0, 0.1) is 0 Å². The second-order valence-electron chi connectivity index (χ2n) is 18.7. The molecule has 1 amide bonds. The average Bonchev–Trinajstić information content (AvgIpc) is 3.26. The van der Waals surface area contributed by atoms with E-state index >= 15 is 0 Å². The fourth-order valence-corrected chi connectivity index (χ4v) is 7.89. The number of nitrogens with zero attached hydrogens (tertiary/aromatic N) is 1. The van der Waals surface area contributed by atoms with Gasteiger partial charge in [0.1, 0.15) is 19.3 Å². The Morgan fingerprint density at radius 3 is 1.63 bits per heavy atom. The van der Waals surface area contributed by atoms with E-state index in [1.807, 2.05) is 33.3 Å². The Hall–Kier alpha value is -2.55. The van der Waals surface area contributed by atoms with Crippen molar-refractivity contribution in [2.45, 2.75) is 226 Å². The molecule has 0 heterocycles. The first-order valence-corrected chi connectivity index (χ1v) is 27.8. The van der Waals surface area contributed by atoms with Gasteiger partial charge in [-0.15, -0.1) is 0 Å². The van der Waals surface area contributed by atoms with E-state index in [4.69, 9.17) is 13.8 Å². The lowest BCUT2D eigenvalue weighted by Gasteiger charge is -2.27. The molecule has 0 saturated carbocycles. The number of amides is 1. The van der Waals surface area contributed by atoms with Gasteiger partial charge in [-0.25, -0.2) is 4.57 Å². The Labute approximate surface area is 400 Å². The number of nitrogens with one attached hydrogen (secondary N) is 1. The Morgan fingerprint density at radius 2 is 1.06 bits per heavy atom. The van der Waals surface area contributed by atoms with Crippen molar-refractivity contribution in [3.8, 4) is 0 Å². The topological polar surface area (TPSA) is 111 Å². The van der Waals surface area contributed by atoms with Crippen molar-refractivity contribution in [1.82, 2.24) is 5.32 Å². The van der Waals surface area contributed by atoms with Crippen LogP contribution in [0.25, 0.3) is 0 Å². The number of esters is 1. The molecule has 3 unspecified atom stereocenters. The van der Waals surface area contributed by atoms with Crippen LogP contribution in [0.2, 0.25) is 0 Å². The summed E-state index contributed by atoms with van der Waals surface area (Å²) in [6, 6.07) is -0.861. The van der Waals surface area contributed by atoms with Crippen LogP contribution < -0.4 is 5.32 Å². The molecule has 0 aromatic carbocycles.